The van der Waals surface area contributed by atoms with E-state index in [-0.39, 0.29) is 0 Å². The number of nitrogens with one attached hydrogen (secondary N) is 1. The third-order valence-electron chi connectivity index (χ3n) is 2.86. The van der Waals surface area contributed by atoms with Gasteiger partial charge in [0.1, 0.15) is 18.1 Å². The Hall–Kier alpha value is -1.81. The lowest BCUT2D eigenvalue weighted by atomic mass is 10.2. The van der Waals surface area contributed by atoms with Gasteiger partial charge in [-0.15, -0.1) is 0 Å². The second-order valence-electron chi connectivity index (χ2n) is 4.78. The molecule has 2 aromatic rings. The van der Waals surface area contributed by atoms with Gasteiger partial charge in [-0.05, 0) is 25.1 Å². The average molecular weight is 260 g/mol. The zero-order valence-electron chi connectivity index (χ0n) is 11.6. The van der Waals surface area contributed by atoms with Gasteiger partial charge >= 0.3 is 0 Å². The van der Waals surface area contributed by atoms with Crippen LogP contribution in [0, 0.1) is 6.92 Å². The Morgan fingerprint density at radius 1 is 1.37 bits per heavy atom. The number of ether oxygens (including phenoxy) is 1. The Bertz CT molecular complexity index is 520. The first kappa shape index (κ1) is 13.6. The van der Waals surface area contributed by atoms with Crippen molar-refractivity contribution in [2.24, 2.45) is 0 Å². The van der Waals surface area contributed by atoms with Gasteiger partial charge in [0.25, 0.3) is 0 Å². The Morgan fingerprint density at radius 3 is 2.95 bits per heavy atom. The van der Waals surface area contributed by atoms with E-state index in [1.54, 1.807) is 12.5 Å². The summed E-state index contributed by atoms with van der Waals surface area (Å²) in [6.45, 7) is 7.39. The Balaban J connectivity index is 1.96. The van der Waals surface area contributed by atoms with Crippen LogP contribution in [-0.2, 0) is 13.2 Å². The van der Waals surface area contributed by atoms with Gasteiger partial charge in [-0.25, -0.2) is 0 Å². The van der Waals surface area contributed by atoms with Crippen molar-refractivity contribution >= 4 is 0 Å². The molecule has 0 amide bonds. The van der Waals surface area contributed by atoms with E-state index in [2.05, 4.69) is 24.1 Å². The molecule has 0 atom stereocenters. The molecule has 0 aliphatic heterocycles. The summed E-state index contributed by atoms with van der Waals surface area (Å²) in [5.74, 6) is 1.65. The van der Waals surface area contributed by atoms with Gasteiger partial charge in [-0.1, -0.05) is 13.8 Å². The SMILES string of the molecule is Cc1ncccc1OCc1occc1CNC(C)C. The molecule has 0 spiro atoms. The van der Waals surface area contributed by atoms with Crippen LogP contribution < -0.4 is 10.1 Å². The lowest BCUT2D eigenvalue weighted by Gasteiger charge is -2.10. The molecule has 0 radical (unpaired) electrons. The quantitative estimate of drug-likeness (QED) is 0.867. The van der Waals surface area contributed by atoms with E-state index in [4.69, 9.17) is 9.15 Å². The average Bonchev–Trinajstić information content (AvgIpc) is 2.83. The molecule has 4 nitrogen and oxygen atoms in total. The predicted octanol–water partition coefficient (Wildman–Crippen LogP) is 3.06. The van der Waals surface area contributed by atoms with Crippen LogP contribution in [0.25, 0.3) is 0 Å². The highest BCUT2D eigenvalue weighted by molar-refractivity contribution is 5.26. The molecule has 2 aromatic heterocycles. The van der Waals surface area contributed by atoms with Gasteiger partial charge in [0, 0.05) is 24.3 Å². The van der Waals surface area contributed by atoms with Crippen LogP contribution in [0.3, 0.4) is 0 Å². The maximum atomic E-state index is 5.74. The molecule has 0 fully saturated rings. The van der Waals surface area contributed by atoms with Crippen molar-refractivity contribution in [3.8, 4) is 5.75 Å². The molecule has 19 heavy (non-hydrogen) atoms. The summed E-state index contributed by atoms with van der Waals surface area (Å²) >= 11 is 0. The van der Waals surface area contributed by atoms with Crippen molar-refractivity contribution < 1.29 is 9.15 Å². The highest BCUT2D eigenvalue weighted by Gasteiger charge is 2.08. The van der Waals surface area contributed by atoms with E-state index in [1.165, 1.54) is 0 Å². The molecule has 0 saturated carbocycles. The van der Waals surface area contributed by atoms with Crippen LogP contribution in [0.1, 0.15) is 30.9 Å². The fourth-order valence-corrected chi connectivity index (χ4v) is 1.73. The molecule has 0 aliphatic rings. The molecule has 0 bridgehead atoms. The predicted molar refractivity (Wildman–Crippen MR) is 74.0 cm³/mol. The zero-order valence-corrected chi connectivity index (χ0v) is 11.6. The summed E-state index contributed by atoms with van der Waals surface area (Å²) in [5, 5.41) is 3.37. The normalized spacial score (nSPS) is 10.9. The Labute approximate surface area is 113 Å². The number of furan rings is 1. The van der Waals surface area contributed by atoms with Crippen molar-refractivity contribution in [2.75, 3.05) is 0 Å². The monoisotopic (exact) mass is 260 g/mol. The number of pyridine rings is 1. The smallest absolute Gasteiger partial charge is 0.146 e. The summed E-state index contributed by atoms with van der Waals surface area (Å²) in [6.07, 6.45) is 3.46. The lowest BCUT2D eigenvalue weighted by molar-refractivity contribution is 0.265. The summed E-state index contributed by atoms with van der Waals surface area (Å²) in [4.78, 5) is 4.19. The van der Waals surface area contributed by atoms with E-state index in [1.807, 2.05) is 25.1 Å². The fraction of sp³-hybridized carbons (Fsp3) is 0.400. The van der Waals surface area contributed by atoms with Gasteiger partial charge in [-0.3, -0.25) is 4.98 Å². The van der Waals surface area contributed by atoms with E-state index in [0.717, 1.165) is 29.3 Å². The van der Waals surface area contributed by atoms with Crippen molar-refractivity contribution in [2.45, 2.75) is 40.0 Å². The molecule has 4 heteroatoms. The molecule has 0 saturated heterocycles. The maximum Gasteiger partial charge on any atom is 0.146 e. The number of rotatable bonds is 6. The molecule has 2 heterocycles. The third-order valence-corrected chi connectivity index (χ3v) is 2.86. The summed E-state index contributed by atoms with van der Waals surface area (Å²) in [7, 11) is 0. The fourth-order valence-electron chi connectivity index (χ4n) is 1.73. The zero-order chi connectivity index (χ0) is 13.7. The number of nitrogens with zero attached hydrogens (tertiary/aromatic N) is 1. The topological polar surface area (TPSA) is 47.3 Å². The second-order valence-corrected chi connectivity index (χ2v) is 4.78. The minimum absolute atomic E-state index is 0.425. The largest absolute Gasteiger partial charge is 0.484 e. The van der Waals surface area contributed by atoms with Crippen LogP contribution in [0.2, 0.25) is 0 Å². The van der Waals surface area contributed by atoms with Crippen LogP contribution in [0.5, 0.6) is 5.75 Å². The summed E-state index contributed by atoms with van der Waals surface area (Å²) in [6, 6.07) is 6.21. The number of aromatic nitrogens is 1. The van der Waals surface area contributed by atoms with E-state index in [0.29, 0.717) is 12.6 Å². The number of hydrogen-bond acceptors (Lipinski definition) is 4. The molecule has 0 unspecified atom stereocenters. The van der Waals surface area contributed by atoms with E-state index >= 15 is 0 Å². The van der Waals surface area contributed by atoms with Crippen molar-refractivity contribution in [3.63, 3.8) is 0 Å². The molecular formula is C15H20N2O2. The Kier molecular flexibility index (Phi) is 4.58. The molecule has 102 valence electrons. The molecule has 1 N–H and O–H groups in total. The highest BCUT2D eigenvalue weighted by atomic mass is 16.5. The van der Waals surface area contributed by atoms with Crippen LogP contribution in [0.15, 0.2) is 35.1 Å². The van der Waals surface area contributed by atoms with Gasteiger partial charge in [0.15, 0.2) is 0 Å². The van der Waals surface area contributed by atoms with Gasteiger partial charge < -0.3 is 14.5 Å². The van der Waals surface area contributed by atoms with Gasteiger partial charge in [-0.2, -0.15) is 0 Å². The van der Waals surface area contributed by atoms with E-state index in [9.17, 15) is 0 Å². The number of hydrogen-bond donors (Lipinski definition) is 1. The first-order valence-electron chi connectivity index (χ1n) is 6.50. The molecule has 0 aromatic carbocycles. The van der Waals surface area contributed by atoms with Gasteiger partial charge in [0.2, 0.25) is 0 Å². The van der Waals surface area contributed by atoms with Crippen LogP contribution in [-0.4, -0.2) is 11.0 Å². The first-order chi connectivity index (χ1) is 9.16. The first-order valence-corrected chi connectivity index (χ1v) is 6.50. The Morgan fingerprint density at radius 2 is 2.21 bits per heavy atom. The second kappa shape index (κ2) is 6.38. The molecule has 0 aliphatic carbocycles. The van der Waals surface area contributed by atoms with Gasteiger partial charge in [0.05, 0.1) is 12.0 Å². The maximum absolute atomic E-state index is 5.74. The lowest BCUT2D eigenvalue weighted by Crippen LogP contribution is -2.22. The molecular weight excluding hydrogens is 240 g/mol. The van der Waals surface area contributed by atoms with Crippen molar-refractivity contribution in [1.29, 1.82) is 0 Å². The van der Waals surface area contributed by atoms with Crippen LogP contribution >= 0.6 is 0 Å². The third kappa shape index (κ3) is 3.83. The molecule has 2 rings (SSSR count). The summed E-state index contributed by atoms with van der Waals surface area (Å²) in [5.41, 5.74) is 2.02. The van der Waals surface area contributed by atoms with Crippen molar-refractivity contribution in [3.05, 3.63) is 47.7 Å². The summed E-state index contributed by atoms with van der Waals surface area (Å²) < 4.78 is 11.2. The minimum Gasteiger partial charge on any atom is -0.484 e. The standard InChI is InChI=1S/C15H20N2O2/c1-11(2)17-9-13-6-8-18-15(13)10-19-14-5-4-7-16-12(14)3/h4-8,11,17H,9-10H2,1-3H3. The van der Waals surface area contributed by atoms with Crippen molar-refractivity contribution in [1.82, 2.24) is 10.3 Å². The minimum atomic E-state index is 0.425. The van der Waals surface area contributed by atoms with E-state index < -0.39 is 0 Å². The highest BCUT2D eigenvalue weighted by Crippen LogP contribution is 2.18. The van der Waals surface area contributed by atoms with Crippen LogP contribution in [0.4, 0.5) is 0 Å². The number of aryl methyl sites for hydroxylation is 1.